The van der Waals surface area contributed by atoms with Crippen LogP contribution in [0.1, 0.15) is 52.9 Å². The lowest BCUT2D eigenvalue weighted by molar-refractivity contribution is -0.139. The molecule has 2 amide bonds. The van der Waals surface area contributed by atoms with Crippen LogP contribution < -0.4 is 10.6 Å². The van der Waals surface area contributed by atoms with Crippen molar-refractivity contribution in [3.63, 3.8) is 0 Å². The van der Waals surface area contributed by atoms with Crippen LogP contribution in [0.25, 0.3) is 0 Å². The first kappa shape index (κ1) is 19.7. The fourth-order valence-corrected chi connectivity index (χ4v) is 1.96. The molecule has 3 N–H and O–H groups in total. The van der Waals surface area contributed by atoms with Crippen molar-refractivity contribution in [3.8, 4) is 0 Å². The zero-order chi connectivity index (χ0) is 16.3. The molecule has 0 aliphatic rings. The van der Waals surface area contributed by atoms with Crippen molar-refractivity contribution < 1.29 is 19.4 Å². The van der Waals surface area contributed by atoms with Gasteiger partial charge in [-0.2, -0.15) is 0 Å². The average molecular weight is 302 g/mol. The zero-order valence-corrected chi connectivity index (χ0v) is 13.7. The third-order valence-electron chi connectivity index (χ3n) is 3.41. The molecular weight excluding hydrogens is 272 g/mol. The minimum atomic E-state index is -0.943. The largest absolute Gasteiger partial charge is 0.481 e. The summed E-state index contributed by atoms with van der Waals surface area (Å²) in [5.74, 6) is -0.943. The molecule has 0 aromatic heterocycles. The number of carboxylic acids is 1. The number of aliphatic carboxylic acids is 1. The molecule has 0 spiro atoms. The van der Waals surface area contributed by atoms with Crippen LogP contribution >= 0.6 is 0 Å². The summed E-state index contributed by atoms with van der Waals surface area (Å²) in [6.07, 6.45) is 4.00. The SMILES string of the molecule is CCCCCC(C)(C)CNC(=O)NCC(CC(=O)O)OC. The van der Waals surface area contributed by atoms with E-state index in [2.05, 4.69) is 31.4 Å². The molecule has 0 aromatic carbocycles. The Morgan fingerprint density at radius 3 is 2.43 bits per heavy atom. The van der Waals surface area contributed by atoms with E-state index in [0.717, 1.165) is 12.8 Å². The van der Waals surface area contributed by atoms with Crippen LogP contribution in [-0.2, 0) is 9.53 Å². The number of nitrogens with one attached hydrogen (secondary N) is 2. The molecule has 1 atom stereocenters. The highest BCUT2D eigenvalue weighted by molar-refractivity contribution is 5.74. The van der Waals surface area contributed by atoms with Crippen molar-refractivity contribution in [2.45, 2.75) is 59.0 Å². The third-order valence-corrected chi connectivity index (χ3v) is 3.41. The molecular formula is C15H30N2O4. The van der Waals surface area contributed by atoms with Gasteiger partial charge < -0.3 is 20.5 Å². The quantitative estimate of drug-likeness (QED) is 0.511. The number of carbonyl (C=O) groups is 2. The highest BCUT2D eigenvalue weighted by Gasteiger charge is 2.19. The first-order valence-corrected chi connectivity index (χ1v) is 7.57. The topological polar surface area (TPSA) is 87.7 Å². The van der Waals surface area contributed by atoms with Gasteiger partial charge in [0.1, 0.15) is 0 Å². The van der Waals surface area contributed by atoms with Crippen LogP contribution in [0.2, 0.25) is 0 Å². The summed E-state index contributed by atoms with van der Waals surface area (Å²) in [6, 6.07) is -0.286. The number of urea groups is 1. The van der Waals surface area contributed by atoms with E-state index in [9.17, 15) is 9.59 Å². The van der Waals surface area contributed by atoms with Gasteiger partial charge in [-0.25, -0.2) is 4.79 Å². The summed E-state index contributed by atoms with van der Waals surface area (Å²) < 4.78 is 5.00. The number of carbonyl (C=O) groups excluding carboxylic acids is 1. The van der Waals surface area contributed by atoms with E-state index in [1.807, 2.05) is 0 Å². The lowest BCUT2D eigenvalue weighted by atomic mass is 9.87. The minimum Gasteiger partial charge on any atom is -0.481 e. The van der Waals surface area contributed by atoms with Crippen molar-refractivity contribution in [1.82, 2.24) is 10.6 Å². The second kappa shape index (κ2) is 10.4. The number of ether oxygens (including phenoxy) is 1. The molecule has 6 nitrogen and oxygen atoms in total. The van der Waals surface area contributed by atoms with Gasteiger partial charge in [0.05, 0.1) is 12.5 Å². The molecule has 0 aliphatic carbocycles. The van der Waals surface area contributed by atoms with Crippen LogP contribution in [0.5, 0.6) is 0 Å². The van der Waals surface area contributed by atoms with Gasteiger partial charge in [-0.3, -0.25) is 4.79 Å². The first-order chi connectivity index (χ1) is 9.80. The molecule has 0 aromatic rings. The number of hydrogen-bond acceptors (Lipinski definition) is 3. The Morgan fingerprint density at radius 1 is 1.24 bits per heavy atom. The van der Waals surface area contributed by atoms with Crippen molar-refractivity contribution in [2.75, 3.05) is 20.2 Å². The maximum Gasteiger partial charge on any atom is 0.314 e. The molecule has 0 saturated heterocycles. The molecule has 0 heterocycles. The fraction of sp³-hybridized carbons (Fsp3) is 0.867. The Balaban J connectivity index is 3.95. The first-order valence-electron chi connectivity index (χ1n) is 7.57. The predicted octanol–water partition coefficient (Wildman–Crippen LogP) is 2.38. The van der Waals surface area contributed by atoms with Gasteiger partial charge in [-0.1, -0.05) is 40.0 Å². The molecule has 21 heavy (non-hydrogen) atoms. The van der Waals surface area contributed by atoms with Crippen molar-refractivity contribution >= 4 is 12.0 Å². The predicted molar refractivity (Wildman–Crippen MR) is 82.4 cm³/mol. The second-order valence-corrected chi connectivity index (χ2v) is 6.14. The zero-order valence-electron chi connectivity index (χ0n) is 13.7. The van der Waals surface area contributed by atoms with Gasteiger partial charge in [-0.15, -0.1) is 0 Å². The van der Waals surface area contributed by atoms with Crippen molar-refractivity contribution in [2.24, 2.45) is 5.41 Å². The van der Waals surface area contributed by atoms with Gasteiger partial charge in [0.15, 0.2) is 0 Å². The van der Waals surface area contributed by atoms with E-state index in [1.54, 1.807) is 0 Å². The standard InChI is InChI=1S/C15H30N2O4/c1-5-6-7-8-15(2,3)11-17-14(20)16-10-12(21-4)9-13(18)19/h12H,5-11H2,1-4H3,(H,18,19)(H2,16,17,20). The lowest BCUT2D eigenvalue weighted by Gasteiger charge is -2.25. The number of rotatable bonds is 11. The van der Waals surface area contributed by atoms with Crippen molar-refractivity contribution in [3.05, 3.63) is 0 Å². The van der Waals surface area contributed by atoms with Crippen LogP contribution in [-0.4, -0.2) is 43.4 Å². The Hall–Kier alpha value is -1.30. The Labute approximate surface area is 127 Å². The molecule has 0 fully saturated rings. The van der Waals surface area contributed by atoms with E-state index in [-0.39, 0.29) is 24.4 Å². The van der Waals surface area contributed by atoms with Crippen LogP contribution in [0.3, 0.4) is 0 Å². The molecule has 0 bridgehead atoms. The maximum atomic E-state index is 11.7. The molecule has 0 rings (SSSR count). The van der Waals surface area contributed by atoms with Gasteiger partial charge in [0.25, 0.3) is 0 Å². The number of methoxy groups -OCH3 is 1. The Kier molecular flexibility index (Phi) is 9.78. The van der Waals surface area contributed by atoms with Gasteiger partial charge >= 0.3 is 12.0 Å². The highest BCUT2D eigenvalue weighted by atomic mass is 16.5. The highest BCUT2D eigenvalue weighted by Crippen LogP contribution is 2.22. The van der Waals surface area contributed by atoms with E-state index < -0.39 is 12.1 Å². The van der Waals surface area contributed by atoms with E-state index in [0.29, 0.717) is 6.54 Å². The van der Waals surface area contributed by atoms with Gasteiger partial charge in [0, 0.05) is 20.2 Å². The number of carboxylic acid groups (broad SMARTS) is 1. The van der Waals surface area contributed by atoms with Crippen LogP contribution in [0.4, 0.5) is 4.79 Å². The smallest absolute Gasteiger partial charge is 0.314 e. The van der Waals surface area contributed by atoms with Crippen molar-refractivity contribution in [1.29, 1.82) is 0 Å². The number of amides is 2. The second-order valence-electron chi connectivity index (χ2n) is 6.14. The monoisotopic (exact) mass is 302 g/mol. The summed E-state index contributed by atoms with van der Waals surface area (Å²) in [7, 11) is 1.43. The molecule has 124 valence electrons. The van der Waals surface area contributed by atoms with Gasteiger partial charge in [-0.05, 0) is 11.8 Å². The molecule has 0 radical (unpaired) electrons. The van der Waals surface area contributed by atoms with E-state index >= 15 is 0 Å². The summed E-state index contributed by atoms with van der Waals surface area (Å²) in [6.45, 7) is 7.21. The Bertz CT molecular complexity index is 319. The number of unbranched alkanes of at least 4 members (excludes halogenated alkanes) is 2. The van der Waals surface area contributed by atoms with Gasteiger partial charge in [0.2, 0.25) is 0 Å². The normalized spacial score (nSPS) is 12.8. The number of hydrogen-bond donors (Lipinski definition) is 3. The summed E-state index contributed by atoms with van der Waals surface area (Å²) in [5, 5.41) is 14.2. The average Bonchev–Trinajstić information content (AvgIpc) is 2.41. The van der Waals surface area contributed by atoms with E-state index in [1.165, 1.54) is 20.0 Å². The third kappa shape index (κ3) is 11.1. The Morgan fingerprint density at radius 2 is 1.90 bits per heavy atom. The van der Waals surface area contributed by atoms with E-state index in [4.69, 9.17) is 9.84 Å². The fourth-order valence-electron chi connectivity index (χ4n) is 1.96. The lowest BCUT2D eigenvalue weighted by Crippen LogP contribution is -2.44. The summed E-state index contributed by atoms with van der Waals surface area (Å²) >= 11 is 0. The van der Waals surface area contributed by atoms with Crippen LogP contribution in [0.15, 0.2) is 0 Å². The molecule has 6 heteroatoms. The molecule has 0 saturated carbocycles. The molecule has 1 unspecified atom stereocenters. The summed E-state index contributed by atoms with van der Waals surface area (Å²) in [5.41, 5.74) is 0.0637. The molecule has 0 aliphatic heterocycles. The van der Waals surface area contributed by atoms with Crippen LogP contribution in [0, 0.1) is 5.41 Å². The minimum absolute atomic E-state index is 0.0637. The summed E-state index contributed by atoms with van der Waals surface area (Å²) in [4.78, 5) is 22.3. The maximum absolute atomic E-state index is 11.7.